The van der Waals surface area contributed by atoms with Crippen molar-refractivity contribution in [1.29, 1.82) is 0 Å². The van der Waals surface area contributed by atoms with Crippen molar-refractivity contribution >= 4 is 5.97 Å². The maximum atomic E-state index is 11.7. The lowest BCUT2D eigenvalue weighted by Gasteiger charge is -2.41. The quantitative estimate of drug-likeness (QED) is 0.785. The molecule has 0 aliphatic rings. The highest BCUT2D eigenvalue weighted by Crippen LogP contribution is 2.38. The molecule has 4 nitrogen and oxygen atoms in total. The molecule has 1 unspecified atom stereocenters. The van der Waals surface area contributed by atoms with E-state index in [0.29, 0.717) is 6.42 Å². The number of benzene rings is 1. The zero-order chi connectivity index (χ0) is 16.1. The normalized spacial score (nSPS) is 14.4. The molecule has 0 aromatic heterocycles. The molecular weight excluding hydrogens is 266 g/mol. The van der Waals surface area contributed by atoms with Gasteiger partial charge >= 0.3 is 5.97 Å². The van der Waals surface area contributed by atoms with Crippen LogP contribution in [0.5, 0.6) is 5.75 Å². The van der Waals surface area contributed by atoms with Crippen molar-refractivity contribution in [2.24, 2.45) is 11.1 Å². The molecule has 0 fully saturated rings. The molecule has 21 heavy (non-hydrogen) atoms. The Morgan fingerprint density at radius 3 is 2.14 bits per heavy atom. The van der Waals surface area contributed by atoms with Crippen molar-refractivity contribution in [2.75, 3.05) is 14.2 Å². The van der Waals surface area contributed by atoms with Gasteiger partial charge in [-0.05, 0) is 49.8 Å². The number of methoxy groups -OCH3 is 2. The summed E-state index contributed by atoms with van der Waals surface area (Å²) < 4.78 is 9.97. The van der Waals surface area contributed by atoms with Crippen LogP contribution in [0.4, 0.5) is 0 Å². The Balaban J connectivity index is 2.79. The highest BCUT2D eigenvalue weighted by Gasteiger charge is 2.39. The van der Waals surface area contributed by atoms with Gasteiger partial charge in [0.05, 0.1) is 20.6 Å². The second-order valence-electron chi connectivity index (χ2n) is 6.38. The van der Waals surface area contributed by atoms with Gasteiger partial charge in [-0.1, -0.05) is 19.1 Å². The summed E-state index contributed by atoms with van der Waals surface area (Å²) in [4.78, 5) is 11.7. The van der Waals surface area contributed by atoms with Gasteiger partial charge in [0, 0.05) is 5.54 Å². The first-order valence-electron chi connectivity index (χ1n) is 7.20. The Kier molecular flexibility index (Phi) is 5.78. The second-order valence-corrected chi connectivity index (χ2v) is 6.38. The molecule has 0 aliphatic carbocycles. The van der Waals surface area contributed by atoms with Crippen molar-refractivity contribution in [3.8, 4) is 5.75 Å². The first-order valence-corrected chi connectivity index (χ1v) is 7.20. The van der Waals surface area contributed by atoms with Gasteiger partial charge < -0.3 is 15.2 Å². The molecule has 118 valence electrons. The monoisotopic (exact) mass is 293 g/mol. The molecule has 2 N–H and O–H groups in total. The molecule has 1 rings (SSSR count). The van der Waals surface area contributed by atoms with Crippen molar-refractivity contribution in [3.05, 3.63) is 29.8 Å². The number of rotatable bonds is 7. The molecule has 0 saturated heterocycles. The van der Waals surface area contributed by atoms with E-state index in [9.17, 15) is 4.79 Å². The lowest BCUT2D eigenvalue weighted by molar-refractivity contribution is -0.144. The zero-order valence-electron chi connectivity index (χ0n) is 13.7. The fourth-order valence-corrected chi connectivity index (χ4v) is 2.24. The van der Waals surface area contributed by atoms with Gasteiger partial charge in [-0.2, -0.15) is 0 Å². The van der Waals surface area contributed by atoms with Crippen LogP contribution < -0.4 is 10.5 Å². The van der Waals surface area contributed by atoms with Crippen LogP contribution in [-0.2, 0) is 16.0 Å². The number of ether oxygens (including phenoxy) is 2. The minimum absolute atomic E-state index is 0.217. The van der Waals surface area contributed by atoms with Gasteiger partial charge in [0.2, 0.25) is 0 Å². The number of hydrogen-bond donors (Lipinski definition) is 1. The number of esters is 1. The summed E-state index contributed by atoms with van der Waals surface area (Å²) in [5.41, 5.74) is 6.72. The predicted octanol–water partition coefficient (Wildman–Crippen LogP) is 2.93. The maximum Gasteiger partial charge on any atom is 0.306 e. The minimum Gasteiger partial charge on any atom is -0.497 e. The average molecular weight is 293 g/mol. The second kappa shape index (κ2) is 6.94. The topological polar surface area (TPSA) is 61.5 Å². The summed E-state index contributed by atoms with van der Waals surface area (Å²) in [7, 11) is 3.06. The van der Waals surface area contributed by atoms with Gasteiger partial charge in [0.25, 0.3) is 0 Å². The van der Waals surface area contributed by atoms with Crippen LogP contribution in [0.15, 0.2) is 24.3 Å². The van der Waals surface area contributed by atoms with E-state index in [1.54, 1.807) is 7.11 Å². The van der Waals surface area contributed by atoms with Crippen LogP contribution in [0.2, 0.25) is 0 Å². The first-order chi connectivity index (χ1) is 9.71. The third-order valence-corrected chi connectivity index (χ3v) is 4.44. The fourth-order valence-electron chi connectivity index (χ4n) is 2.24. The molecule has 0 amide bonds. The molecule has 4 heteroatoms. The van der Waals surface area contributed by atoms with E-state index < -0.39 is 5.54 Å². The summed E-state index contributed by atoms with van der Waals surface area (Å²) >= 11 is 0. The SMILES string of the molecule is COC(=O)CC(C)(CCc1ccc(OC)cc1)C(C)(C)N. The lowest BCUT2D eigenvalue weighted by atomic mass is 9.68. The third kappa shape index (κ3) is 4.74. The van der Waals surface area contributed by atoms with E-state index in [1.165, 1.54) is 12.7 Å². The highest BCUT2D eigenvalue weighted by molar-refractivity contribution is 5.70. The van der Waals surface area contributed by atoms with E-state index in [1.807, 2.05) is 45.0 Å². The van der Waals surface area contributed by atoms with E-state index >= 15 is 0 Å². The van der Waals surface area contributed by atoms with Crippen LogP contribution in [0.3, 0.4) is 0 Å². The van der Waals surface area contributed by atoms with E-state index in [2.05, 4.69) is 0 Å². The number of carbonyl (C=O) groups is 1. The van der Waals surface area contributed by atoms with Crippen molar-refractivity contribution in [3.63, 3.8) is 0 Å². The Hall–Kier alpha value is -1.55. The van der Waals surface area contributed by atoms with Crippen molar-refractivity contribution in [1.82, 2.24) is 0 Å². The summed E-state index contributed by atoms with van der Waals surface area (Å²) in [5.74, 6) is 0.626. The minimum atomic E-state index is -0.465. The van der Waals surface area contributed by atoms with Crippen LogP contribution in [-0.4, -0.2) is 25.7 Å². The summed E-state index contributed by atoms with van der Waals surface area (Å²) in [6, 6.07) is 7.98. The molecule has 0 saturated carbocycles. The summed E-state index contributed by atoms with van der Waals surface area (Å²) in [5, 5.41) is 0. The zero-order valence-corrected chi connectivity index (χ0v) is 13.7. The number of hydrogen-bond acceptors (Lipinski definition) is 4. The van der Waals surface area contributed by atoms with E-state index in [0.717, 1.165) is 18.6 Å². The number of carbonyl (C=O) groups excluding carboxylic acids is 1. The van der Waals surface area contributed by atoms with Gasteiger partial charge in [-0.15, -0.1) is 0 Å². The van der Waals surface area contributed by atoms with Gasteiger partial charge in [-0.25, -0.2) is 0 Å². The molecule has 0 spiro atoms. The van der Waals surface area contributed by atoms with Crippen LogP contribution >= 0.6 is 0 Å². The largest absolute Gasteiger partial charge is 0.497 e. The summed E-state index contributed by atoms with van der Waals surface area (Å²) in [6.07, 6.45) is 2.00. The average Bonchev–Trinajstić information content (AvgIpc) is 2.44. The molecule has 0 aliphatic heterocycles. The molecule has 1 aromatic carbocycles. The van der Waals surface area contributed by atoms with Crippen LogP contribution in [0.1, 0.15) is 39.2 Å². The molecular formula is C17H27NO3. The van der Waals surface area contributed by atoms with E-state index in [4.69, 9.17) is 15.2 Å². The molecule has 0 radical (unpaired) electrons. The van der Waals surface area contributed by atoms with Crippen molar-refractivity contribution < 1.29 is 14.3 Å². The highest BCUT2D eigenvalue weighted by atomic mass is 16.5. The molecule has 0 heterocycles. The maximum absolute atomic E-state index is 11.7. The standard InChI is InChI=1S/C17H27NO3/c1-16(2,18)17(3,12-15(19)21-5)11-10-13-6-8-14(20-4)9-7-13/h6-9H,10-12,18H2,1-5H3. The van der Waals surface area contributed by atoms with Crippen LogP contribution in [0, 0.1) is 5.41 Å². The Bertz CT molecular complexity index is 462. The lowest BCUT2D eigenvalue weighted by Crippen LogP contribution is -2.50. The van der Waals surface area contributed by atoms with Gasteiger partial charge in [0.1, 0.15) is 5.75 Å². The van der Waals surface area contributed by atoms with Crippen molar-refractivity contribution in [2.45, 2.75) is 45.6 Å². The number of aryl methyl sites for hydroxylation is 1. The molecule has 1 aromatic rings. The Morgan fingerprint density at radius 1 is 1.14 bits per heavy atom. The molecule has 1 atom stereocenters. The van der Waals surface area contributed by atoms with Gasteiger partial charge in [0.15, 0.2) is 0 Å². The van der Waals surface area contributed by atoms with Crippen LogP contribution in [0.25, 0.3) is 0 Å². The Labute approximate surface area is 127 Å². The predicted molar refractivity (Wildman–Crippen MR) is 84.3 cm³/mol. The first kappa shape index (κ1) is 17.5. The fraction of sp³-hybridized carbons (Fsp3) is 0.588. The summed E-state index contributed by atoms with van der Waals surface area (Å²) in [6.45, 7) is 5.97. The van der Waals surface area contributed by atoms with E-state index in [-0.39, 0.29) is 11.4 Å². The Morgan fingerprint density at radius 2 is 1.71 bits per heavy atom. The third-order valence-electron chi connectivity index (χ3n) is 4.44. The smallest absolute Gasteiger partial charge is 0.306 e. The number of nitrogens with two attached hydrogens (primary N) is 1. The molecule has 0 bridgehead atoms. The van der Waals surface area contributed by atoms with Gasteiger partial charge in [-0.3, -0.25) is 4.79 Å².